The van der Waals surface area contributed by atoms with Gasteiger partial charge in [-0.15, -0.1) is 0 Å². The summed E-state index contributed by atoms with van der Waals surface area (Å²) in [5.41, 5.74) is 0.827. The predicted octanol–water partition coefficient (Wildman–Crippen LogP) is 5.47. The summed E-state index contributed by atoms with van der Waals surface area (Å²) in [5.74, 6) is 0.805. The van der Waals surface area contributed by atoms with Gasteiger partial charge in [-0.05, 0) is 49.4 Å². The average molecular weight is 356 g/mol. The van der Waals surface area contributed by atoms with Crippen LogP contribution in [0.3, 0.4) is 0 Å². The van der Waals surface area contributed by atoms with E-state index in [4.69, 9.17) is 0 Å². The van der Waals surface area contributed by atoms with Crippen LogP contribution < -0.4 is 5.32 Å². The van der Waals surface area contributed by atoms with Gasteiger partial charge < -0.3 is 5.32 Å². The summed E-state index contributed by atoms with van der Waals surface area (Å²) >= 11 is 3.32. The molecule has 21 heavy (non-hydrogen) atoms. The van der Waals surface area contributed by atoms with Crippen LogP contribution in [0.2, 0.25) is 0 Å². The summed E-state index contributed by atoms with van der Waals surface area (Å²) < 4.78 is 14.8. The Morgan fingerprint density at radius 1 is 1.29 bits per heavy atom. The zero-order chi connectivity index (χ0) is 15.1. The number of hydrogen-bond donors (Lipinski definition) is 1. The summed E-state index contributed by atoms with van der Waals surface area (Å²) in [5, 5.41) is 3.53. The van der Waals surface area contributed by atoms with E-state index in [2.05, 4.69) is 28.2 Å². The van der Waals surface area contributed by atoms with Crippen LogP contribution in [0, 0.1) is 11.7 Å². The fourth-order valence-corrected chi connectivity index (χ4v) is 3.76. The molecule has 0 amide bonds. The van der Waals surface area contributed by atoms with Crippen molar-refractivity contribution in [1.29, 1.82) is 0 Å². The third-order valence-electron chi connectivity index (χ3n) is 4.62. The number of halogens is 2. The molecular weight excluding hydrogens is 329 g/mol. The summed E-state index contributed by atoms with van der Waals surface area (Å²) in [6.07, 6.45) is 10.2. The molecule has 1 N–H and O–H groups in total. The monoisotopic (exact) mass is 355 g/mol. The summed E-state index contributed by atoms with van der Waals surface area (Å²) in [6, 6.07) is 5.81. The first-order valence-electron chi connectivity index (χ1n) is 8.36. The second-order valence-corrected chi connectivity index (χ2v) is 7.19. The molecule has 1 saturated carbocycles. The van der Waals surface area contributed by atoms with Crippen LogP contribution in [-0.2, 0) is 6.42 Å². The maximum Gasteiger partial charge on any atom is 0.127 e. The van der Waals surface area contributed by atoms with Crippen molar-refractivity contribution in [3.05, 3.63) is 34.1 Å². The van der Waals surface area contributed by atoms with Gasteiger partial charge in [0, 0.05) is 10.5 Å². The third kappa shape index (κ3) is 5.71. The summed E-state index contributed by atoms with van der Waals surface area (Å²) in [7, 11) is 0. The number of likely N-dealkylation sites (N-methyl/N-ethyl adjacent to an activating group) is 1. The highest BCUT2D eigenvalue weighted by molar-refractivity contribution is 9.10. The molecule has 1 aliphatic rings. The Balaban J connectivity index is 1.88. The van der Waals surface area contributed by atoms with Gasteiger partial charge >= 0.3 is 0 Å². The molecule has 1 atom stereocenters. The van der Waals surface area contributed by atoms with Gasteiger partial charge in [0.25, 0.3) is 0 Å². The fourth-order valence-electron chi connectivity index (χ4n) is 3.43. The quantitative estimate of drug-likeness (QED) is 0.683. The number of rotatable bonds is 7. The molecule has 2 rings (SSSR count). The minimum absolute atomic E-state index is 0.0926. The molecule has 0 aromatic heterocycles. The normalized spacial score (nSPS) is 17.9. The average Bonchev–Trinajstić information content (AvgIpc) is 2.49. The van der Waals surface area contributed by atoms with E-state index < -0.39 is 0 Å². The van der Waals surface area contributed by atoms with Gasteiger partial charge in [-0.25, -0.2) is 4.39 Å². The SMILES string of the molecule is CCNC(CCC1CCCCC1)Cc1ccc(Br)cc1F. The minimum atomic E-state index is -0.0926. The molecular formula is C18H27BrFN. The Kier molecular flexibility index (Phi) is 7.18. The fraction of sp³-hybridized carbons (Fsp3) is 0.667. The summed E-state index contributed by atoms with van der Waals surface area (Å²) in [4.78, 5) is 0. The van der Waals surface area contributed by atoms with E-state index in [-0.39, 0.29) is 5.82 Å². The molecule has 0 radical (unpaired) electrons. The highest BCUT2D eigenvalue weighted by atomic mass is 79.9. The van der Waals surface area contributed by atoms with Gasteiger partial charge in [-0.3, -0.25) is 0 Å². The minimum Gasteiger partial charge on any atom is -0.314 e. The number of nitrogens with one attached hydrogen (secondary N) is 1. The van der Waals surface area contributed by atoms with E-state index in [1.807, 2.05) is 12.1 Å². The van der Waals surface area contributed by atoms with Crippen LogP contribution in [0.15, 0.2) is 22.7 Å². The molecule has 1 unspecified atom stereocenters. The smallest absolute Gasteiger partial charge is 0.127 e. The first kappa shape index (κ1) is 17.0. The molecule has 0 aliphatic heterocycles. The Morgan fingerprint density at radius 2 is 2.05 bits per heavy atom. The van der Waals surface area contributed by atoms with Crippen molar-refractivity contribution in [2.75, 3.05) is 6.54 Å². The van der Waals surface area contributed by atoms with Crippen molar-refractivity contribution in [1.82, 2.24) is 5.32 Å². The molecule has 0 saturated heterocycles. The molecule has 0 spiro atoms. The lowest BCUT2D eigenvalue weighted by atomic mass is 9.84. The maximum absolute atomic E-state index is 14.0. The van der Waals surface area contributed by atoms with Gasteiger partial charge in [-0.1, -0.05) is 61.0 Å². The first-order chi connectivity index (χ1) is 10.2. The predicted molar refractivity (Wildman–Crippen MR) is 91.1 cm³/mol. The maximum atomic E-state index is 14.0. The Labute approximate surface area is 136 Å². The second-order valence-electron chi connectivity index (χ2n) is 6.28. The molecule has 1 aromatic carbocycles. The highest BCUT2D eigenvalue weighted by Gasteiger charge is 2.17. The van der Waals surface area contributed by atoms with Crippen molar-refractivity contribution < 1.29 is 4.39 Å². The molecule has 118 valence electrons. The molecule has 0 bridgehead atoms. The lowest BCUT2D eigenvalue weighted by Gasteiger charge is -2.25. The Hall–Kier alpha value is -0.410. The lowest BCUT2D eigenvalue weighted by molar-refractivity contribution is 0.312. The van der Waals surface area contributed by atoms with Crippen LogP contribution >= 0.6 is 15.9 Å². The molecule has 1 aromatic rings. The third-order valence-corrected chi connectivity index (χ3v) is 5.12. The highest BCUT2D eigenvalue weighted by Crippen LogP contribution is 2.28. The van der Waals surface area contributed by atoms with E-state index in [1.54, 1.807) is 6.07 Å². The van der Waals surface area contributed by atoms with Crippen molar-refractivity contribution in [3.63, 3.8) is 0 Å². The number of hydrogen-bond acceptors (Lipinski definition) is 1. The molecule has 1 fully saturated rings. The van der Waals surface area contributed by atoms with Crippen LogP contribution in [-0.4, -0.2) is 12.6 Å². The van der Waals surface area contributed by atoms with E-state index in [1.165, 1.54) is 38.5 Å². The Bertz CT molecular complexity index is 429. The van der Waals surface area contributed by atoms with Gasteiger partial charge in [0.15, 0.2) is 0 Å². The van der Waals surface area contributed by atoms with E-state index >= 15 is 0 Å². The van der Waals surface area contributed by atoms with Gasteiger partial charge in [0.1, 0.15) is 5.82 Å². The van der Waals surface area contributed by atoms with E-state index in [0.29, 0.717) is 6.04 Å². The first-order valence-corrected chi connectivity index (χ1v) is 9.15. The molecule has 1 aliphatic carbocycles. The van der Waals surface area contributed by atoms with Crippen LogP contribution in [0.1, 0.15) is 57.4 Å². The van der Waals surface area contributed by atoms with Crippen LogP contribution in [0.5, 0.6) is 0 Å². The van der Waals surface area contributed by atoms with Crippen LogP contribution in [0.4, 0.5) is 4.39 Å². The molecule has 1 nitrogen and oxygen atoms in total. The largest absolute Gasteiger partial charge is 0.314 e. The zero-order valence-electron chi connectivity index (χ0n) is 13.0. The van der Waals surface area contributed by atoms with Crippen molar-refractivity contribution in [2.24, 2.45) is 5.92 Å². The van der Waals surface area contributed by atoms with Gasteiger partial charge in [-0.2, -0.15) is 0 Å². The summed E-state index contributed by atoms with van der Waals surface area (Å²) in [6.45, 7) is 3.08. The lowest BCUT2D eigenvalue weighted by Crippen LogP contribution is -2.32. The van der Waals surface area contributed by atoms with Crippen molar-refractivity contribution in [3.8, 4) is 0 Å². The number of benzene rings is 1. The van der Waals surface area contributed by atoms with Gasteiger partial charge in [0.2, 0.25) is 0 Å². The van der Waals surface area contributed by atoms with Gasteiger partial charge in [0.05, 0.1) is 0 Å². The van der Waals surface area contributed by atoms with Crippen LogP contribution in [0.25, 0.3) is 0 Å². The van der Waals surface area contributed by atoms with Crippen molar-refractivity contribution in [2.45, 2.75) is 64.3 Å². The topological polar surface area (TPSA) is 12.0 Å². The van der Waals surface area contributed by atoms with E-state index in [9.17, 15) is 4.39 Å². The Morgan fingerprint density at radius 3 is 2.71 bits per heavy atom. The second kappa shape index (κ2) is 8.89. The van der Waals surface area contributed by atoms with Crippen molar-refractivity contribution >= 4 is 15.9 Å². The van der Waals surface area contributed by atoms with E-state index in [0.717, 1.165) is 35.3 Å². The molecule has 3 heteroatoms. The standard InChI is InChI=1S/C18H27BrFN/c1-2-21-17(11-8-14-6-4-3-5-7-14)12-15-9-10-16(19)13-18(15)20/h9-10,13-14,17,21H,2-8,11-12H2,1H3. The molecule has 0 heterocycles. The zero-order valence-corrected chi connectivity index (χ0v) is 14.6.